The smallest absolute Gasteiger partial charge is 0.408 e. The predicted octanol–water partition coefficient (Wildman–Crippen LogP) is 6.50. The molecule has 0 spiro atoms. The second-order valence-electron chi connectivity index (χ2n) is 11.8. The summed E-state index contributed by atoms with van der Waals surface area (Å²) in [4.78, 5) is 42.2. The summed E-state index contributed by atoms with van der Waals surface area (Å²) in [6, 6.07) is 6.21. The van der Waals surface area contributed by atoms with E-state index in [1.54, 1.807) is 25.7 Å². The minimum Gasteiger partial charge on any atom is -0.444 e. The number of rotatable bonds is 14. The summed E-state index contributed by atoms with van der Waals surface area (Å²) >= 11 is 4.39. The number of hydrogen-bond acceptors (Lipinski definition) is 5. The van der Waals surface area contributed by atoms with Gasteiger partial charge in [0.1, 0.15) is 17.7 Å². The van der Waals surface area contributed by atoms with Crippen molar-refractivity contribution in [2.24, 2.45) is 0 Å². The van der Waals surface area contributed by atoms with Gasteiger partial charge in [0.2, 0.25) is 11.8 Å². The van der Waals surface area contributed by atoms with Crippen LogP contribution < -0.4 is 10.6 Å². The van der Waals surface area contributed by atoms with Gasteiger partial charge >= 0.3 is 6.09 Å². The van der Waals surface area contributed by atoms with Crippen molar-refractivity contribution < 1.29 is 19.1 Å². The molecule has 2 N–H and O–H groups in total. The summed E-state index contributed by atoms with van der Waals surface area (Å²) < 4.78 is 5.41. The molecule has 1 aromatic rings. The van der Waals surface area contributed by atoms with Crippen molar-refractivity contribution in [1.82, 2.24) is 15.5 Å². The fourth-order valence-electron chi connectivity index (χ4n) is 5.01. The van der Waals surface area contributed by atoms with E-state index in [1.165, 1.54) is 19.3 Å². The number of ether oxygens (including phenoxy) is 1. The molecule has 7 nitrogen and oxygen atoms in total. The van der Waals surface area contributed by atoms with E-state index in [9.17, 15) is 14.4 Å². The van der Waals surface area contributed by atoms with E-state index >= 15 is 0 Å². The van der Waals surface area contributed by atoms with Crippen LogP contribution in [0.2, 0.25) is 0 Å². The van der Waals surface area contributed by atoms with Crippen molar-refractivity contribution in [3.05, 3.63) is 35.4 Å². The van der Waals surface area contributed by atoms with Crippen LogP contribution in [0.1, 0.15) is 115 Å². The molecule has 2 rings (SSSR count). The quantitative estimate of drug-likeness (QED) is 0.179. The van der Waals surface area contributed by atoms with Crippen molar-refractivity contribution in [3.8, 4) is 0 Å². The van der Waals surface area contributed by atoms with Crippen LogP contribution in [0, 0.1) is 6.92 Å². The highest BCUT2D eigenvalue weighted by Gasteiger charge is 2.36. The number of carbonyl (C=O) groups excluding carboxylic acids is 3. The zero-order valence-electron chi connectivity index (χ0n) is 24.8. The zero-order valence-corrected chi connectivity index (χ0v) is 25.7. The molecule has 8 heteroatoms. The van der Waals surface area contributed by atoms with Crippen LogP contribution in [0.25, 0.3) is 0 Å². The normalized spacial score (nSPS) is 15.7. The van der Waals surface area contributed by atoms with Crippen molar-refractivity contribution in [1.29, 1.82) is 0 Å². The molecule has 1 saturated carbocycles. The van der Waals surface area contributed by atoms with Crippen LogP contribution in [-0.4, -0.2) is 52.8 Å². The molecule has 1 fully saturated rings. The average Bonchev–Trinajstić information content (AvgIpc) is 2.88. The molecule has 2 unspecified atom stereocenters. The summed E-state index contributed by atoms with van der Waals surface area (Å²) in [7, 11) is 0. The Kier molecular flexibility index (Phi) is 14.2. The summed E-state index contributed by atoms with van der Waals surface area (Å²) in [5.41, 5.74) is 1.15. The molecule has 0 bridgehead atoms. The van der Waals surface area contributed by atoms with Gasteiger partial charge in [0.05, 0.1) is 0 Å². The monoisotopic (exact) mass is 561 g/mol. The first-order valence-corrected chi connectivity index (χ1v) is 15.5. The van der Waals surface area contributed by atoms with Gasteiger partial charge in [0, 0.05) is 18.3 Å². The fourth-order valence-corrected chi connectivity index (χ4v) is 5.26. The Hall–Kier alpha value is -2.22. The largest absolute Gasteiger partial charge is 0.444 e. The average molecular weight is 562 g/mol. The maximum atomic E-state index is 14.0. The summed E-state index contributed by atoms with van der Waals surface area (Å²) in [5.74, 6) is -0.398. The van der Waals surface area contributed by atoms with Gasteiger partial charge in [-0.05, 0) is 52.5 Å². The number of benzene rings is 1. The van der Waals surface area contributed by atoms with Crippen molar-refractivity contribution in [2.75, 3.05) is 12.3 Å². The van der Waals surface area contributed by atoms with Crippen LogP contribution in [-0.2, 0) is 14.3 Å². The van der Waals surface area contributed by atoms with Crippen LogP contribution >= 0.6 is 12.6 Å². The standard InChI is InChI=1S/C31H51N3O4S/c1-6-7-8-9-10-14-21-34(29(36)26(22-39)33-30(37)38-31(3,4)5)27(24-19-17-23(2)18-20-24)28(35)32-25-15-12-11-13-16-25/h17-20,25-27,39H,6-16,21-22H2,1-5H3,(H,32,35)(H,33,37). The number of alkyl carbamates (subject to hydrolysis) is 1. The lowest BCUT2D eigenvalue weighted by atomic mass is 9.94. The van der Waals surface area contributed by atoms with E-state index in [0.29, 0.717) is 6.54 Å². The molecule has 39 heavy (non-hydrogen) atoms. The number of unbranched alkanes of at least 4 members (excludes halogenated alkanes) is 5. The molecule has 2 atom stereocenters. The van der Waals surface area contributed by atoms with Crippen molar-refractivity contribution >= 4 is 30.5 Å². The van der Waals surface area contributed by atoms with E-state index in [0.717, 1.165) is 62.5 Å². The van der Waals surface area contributed by atoms with E-state index in [1.807, 2.05) is 31.2 Å². The molecule has 0 saturated heterocycles. The molecule has 1 aliphatic rings. The molecule has 1 aliphatic carbocycles. The Balaban J connectivity index is 2.35. The maximum Gasteiger partial charge on any atom is 0.408 e. The third-order valence-electron chi connectivity index (χ3n) is 7.11. The highest BCUT2D eigenvalue weighted by molar-refractivity contribution is 7.80. The van der Waals surface area contributed by atoms with Gasteiger partial charge < -0.3 is 20.3 Å². The predicted molar refractivity (Wildman–Crippen MR) is 161 cm³/mol. The topological polar surface area (TPSA) is 87.7 Å². The first kappa shape index (κ1) is 33.0. The lowest BCUT2D eigenvalue weighted by Gasteiger charge is -2.35. The van der Waals surface area contributed by atoms with E-state index in [-0.39, 0.29) is 23.6 Å². The number of amides is 3. The van der Waals surface area contributed by atoms with E-state index in [4.69, 9.17) is 4.74 Å². The second-order valence-corrected chi connectivity index (χ2v) is 12.2. The van der Waals surface area contributed by atoms with Crippen molar-refractivity contribution in [2.45, 2.75) is 129 Å². The molecule has 3 amide bonds. The Morgan fingerprint density at radius 1 is 1.00 bits per heavy atom. The lowest BCUT2D eigenvalue weighted by molar-refractivity contribution is -0.142. The van der Waals surface area contributed by atoms with Crippen molar-refractivity contribution in [3.63, 3.8) is 0 Å². The number of nitrogens with zero attached hydrogens (tertiary/aromatic N) is 1. The van der Waals surface area contributed by atoms with Gasteiger partial charge in [-0.15, -0.1) is 0 Å². The first-order valence-electron chi connectivity index (χ1n) is 14.8. The van der Waals surface area contributed by atoms with E-state index in [2.05, 4.69) is 30.2 Å². The maximum absolute atomic E-state index is 14.0. The van der Waals surface area contributed by atoms with Crippen LogP contribution in [0.15, 0.2) is 24.3 Å². The summed E-state index contributed by atoms with van der Waals surface area (Å²) in [6.07, 6.45) is 11.0. The molecular formula is C31H51N3O4S. The SMILES string of the molecule is CCCCCCCCN(C(=O)C(CS)NC(=O)OC(C)(C)C)C(C(=O)NC1CCCCC1)c1ccc(C)cc1. The molecule has 0 heterocycles. The Labute approximate surface area is 241 Å². The number of aryl methyl sites for hydroxylation is 1. The third-order valence-corrected chi connectivity index (χ3v) is 7.48. The molecule has 0 aromatic heterocycles. The number of carbonyl (C=O) groups is 3. The highest BCUT2D eigenvalue weighted by atomic mass is 32.1. The molecule has 1 aromatic carbocycles. The fraction of sp³-hybridized carbons (Fsp3) is 0.710. The highest BCUT2D eigenvalue weighted by Crippen LogP contribution is 2.26. The minimum atomic E-state index is -0.918. The van der Waals surface area contributed by atoms with Gasteiger partial charge in [0.15, 0.2) is 0 Å². The number of nitrogens with one attached hydrogen (secondary N) is 2. The Morgan fingerprint density at radius 3 is 2.21 bits per heavy atom. The van der Waals surface area contributed by atoms with Crippen LogP contribution in [0.3, 0.4) is 0 Å². The third kappa shape index (κ3) is 11.8. The van der Waals surface area contributed by atoms with E-state index < -0.39 is 23.8 Å². The molecule has 0 radical (unpaired) electrons. The second kappa shape index (κ2) is 16.8. The molecule has 220 valence electrons. The van der Waals surface area contributed by atoms with Gasteiger partial charge in [-0.25, -0.2) is 4.79 Å². The van der Waals surface area contributed by atoms with Gasteiger partial charge in [-0.3, -0.25) is 9.59 Å². The number of thiol groups is 1. The summed E-state index contributed by atoms with van der Waals surface area (Å²) in [5, 5.41) is 5.95. The molecule has 0 aliphatic heterocycles. The summed E-state index contributed by atoms with van der Waals surface area (Å²) in [6.45, 7) is 9.93. The lowest BCUT2D eigenvalue weighted by Crippen LogP contribution is -2.54. The van der Waals surface area contributed by atoms with Gasteiger partial charge in [-0.2, -0.15) is 12.6 Å². The Morgan fingerprint density at radius 2 is 1.62 bits per heavy atom. The zero-order chi connectivity index (χ0) is 28.8. The van der Waals surface area contributed by atoms with Gasteiger partial charge in [0.25, 0.3) is 0 Å². The van der Waals surface area contributed by atoms with Crippen LogP contribution in [0.4, 0.5) is 4.79 Å². The van der Waals surface area contributed by atoms with Crippen LogP contribution in [0.5, 0.6) is 0 Å². The molecular weight excluding hydrogens is 510 g/mol. The first-order chi connectivity index (χ1) is 18.6. The minimum absolute atomic E-state index is 0.0932. The number of hydrogen-bond donors (Lipinski definition) is 3. The Bertz CT molecular complexity index is 894. The van der Waals surface area contributed by atoms with Gasteiger partial charge in [-0.1, -0.05) is 88.1 Å².